The number of benzene rings is 2. The van der Waals surface area contributed by atoms with Crippen LogP contribution in [0.4, 0.5) is 0 Å². The number of likely N-dealkylation sites (tertiary alicyclic amines) is 1. The van der Waals surface area contributed by atoms with Crippen molar-refractivity contribution in [3.05, 3.63) is 63.6 Å². The summed E-state index contributed by atoms with van der Waals surface area (Å²) in [6.07, 6.45) is -0.0151. The van der Waals surface area contributed by atoms with E-state index in [1.807, 2.05) is 13.8 Å². The normalized spacial score (nSPS) is 17.8. The quantitative estimate of drug-likeness (QED) is 0.328. The van der Waals surface area contributed by atoms with Gasteiger partial charge in [-0.25, -0.2) is 0 Å². The van der Waals surface area contributed by atoms with Crippen molar-refractivity contribution < 1.29 is 28.9 Å². The Bertz CT molecular complexity index is 1050. The first-order chi connectivity index (χ1) is 15.3. The molecule has 0 radical (unpaired) electrons. The topological polar surface area (TPSA) is 85.3 Å². The van der Waals surface area contributed by atoms with Gasteiger partial charge in [0.05, 0.1) is 43.0 Å². The summed E-state index contributed by atoms with van der Waals surface area (Å²) in [5, 5.41) is 11.1. The van der Waals surface area contributed by atoms with Crippen molar-refractivity contribution in [3.63, 3.8) is 0 Å². The number of carbonyl (C=O) groups excluding carboxylic acids is 2. The Morgan fingerprint density at radius 1 is 1.12 bits per heavy atom. The second kappa shape index (κ2) is 10.2. The molecule has 1 aliphatic rings. The maximum atomic E-state index is 13.1. The van der Waals surface area contributed by atoms with Crippen molar-refractivity contribution in [1.29, 1.82) is 0 Å². The van der Waals surface area contributed by atoms with E-state index in [1.54, 1.807) is 49.6 Å². The lowest BCUT2D eigenvalue weighted by atomic mass is 9.95. The molecular formula is C24H26BrNO6. The predicted octanol–water partition coefficient (Wildman–Crippen LogP) is 4.31. The van der Waals surface area contributed by atoms with Crippen molar-refractivity contribution >= 4 is 33.4 Å². The van der Waals surface area contributed by atoms with E-state index < -0.39 is 17.7 Å². The molecule has 170 valence electrons. The number of hydrogen-bond donors (Lipinski definition) is 1. The Morgan fingerprint density at radius 3 is 2.50 bits per heavy atom. The minimum Gasteiger partial charge on any atom is -0.507 e. The highest BCUT2D eigenvalue weighted by molar-refractivity contribution is 9.10. The molecule has 1 unspecified atom stereocenters. The van der Waals surface area contributed by atoms with Gasteiger partial charge in [0.1, 0.15) is 17.3 Å². The van der Waals surface area contributed by atoms with Crippen LogP contribution in [0.2, 0.25) is 0 Å². The van der Waals surface area contributed by atoms with Crippen molar-refractivity contribution in [3.8, 4) is 11.5 Å². The number of aliphatic hydroxyl groups is 1. The molecule has 0 aliphatic carbocycles. The first-order valence-corrected chi connectivity index (χ1v) is 11.0. The van der Waals surface area contributed by atoms with Gasteiger partial charge in [-0.15, -0.1) is 0 Å². The third-order valence-corrected chi connectivity index (χ3v) is 5.78. The van der Waals surface area contributed by atoms with Crippen LogP contribution in [-0.4, -0.2) is 55.2 Å². The van der Waals surface area contributed by atoms with Gasteiger partial charge in [0.25, 0.3) is 11.7 Å². The Morgan fingerprint density at radius 2 is 1.88 bits per heavy atom. The minimum atomic E-state index is -0.776. The fraction of sp³-hybridized carbons (Fsp3) is 0.333. The van der Waals surface area contributed by atoms with Gasteiger partial charge in [-0.2, -0.15) is 0 Å². The largest absolute Gasteiger partial charge is 0.507 e. The number of rotatable bonds is 8. The number of methoxy groups -OCH3 is 2. The van der Waals surface area contributed by atoms with E-state index >= 15 is 0 Å². The molecule has 0 saturated carbocycles. The van der Waals surface area contributed by atoms with Crippen molar-refractivity contribution in [2.75, 3.05) is 27.4 Å². The summed E-state index contributed by atoms with van der Waals surface area (Å²) in [4.78, 5) is 27.4. The summed E-state index contributed by atoms with van der Waals surface area (Å²) in [7, 11) is 3.08. The van der Waals surface area contributed by atoms with E-state index in [2.05, 4.69) is 15.9 Å². The molecule has 2 aromatic carbocycles. The van der Waals surface area contributed by atoms with Crippen LogP contribution in [0.3, 0.4) is 0 Å². The molecule has 8 heteroatoms. The number of aliphatic hydroxyl groups excluding tert-OH is 1. The van der Waals surface area contributed by atoms with Crippen molar-refractivity contribution in [2.45, 2.75) is 26.0 Å². The van der Waals surface area contributed by atoms with Gasteiger partial charge in [0.15, 0.2) is 0 Å². The van der Waals surface area contributed by atoms with Gasteiger partial charge < -0.3 is 24.2 Å². The zero-order valence-corrected chi connectivity index (χ0v) is 20.0. The first-order valence-electron chi connectivity index (χ1n) is 10.2. The van der Waals surface area contributed by atoms with Crippen LogP contribution in [-0.2, 0) is 14.3 Å². The minimum absolute atomic E-state index is 0.0151. The molecule has 1 aliphatic heterocycles. The van der Waals surface area contributed by atoms with Crippen LogP contribution >= 0.6 is 15.9 Å². The summed E-state index contributed by atoms with van der Waals surface area (Å²) in [6.45, 7) is 4.26. The molecule has 1 amide bonds. The zero-order chi connectivity index (χ0) is 23.4. The van der Waals surface area contributed by atoms with Crippen molar-refractivity contribution in [2.24, 2.45) is 0 Å². The maximum absolute atomic E-state index is 13.1. The van der Waals surface area contributed by atoms with Crippen LogP contribution in [0.15, 0.2) is 52.5 Å². The number of amides is 1. The number of Topliss-reactive ketones (excluding diaryl/α,β-unsaturated/α-hetero) is 1. The third-order valence-electron chi connectivity index (χ3n) is 5.16. The molecule has 1 fully saturated rings. The molecule has 3 rings (SSSR count). The Kier molecular flexibility index (Phi) is 7.58. The standard InChI is InChI=1S/C24H26BrNO6/c1-14(2)32-11-10-26-21(15-6-5-7-17(12-15)30-3)20(23(28)24(26)29)22(27)16-8-9-19(31-4)18(25)13-16/h5-9,12-14,21,27H,10-11H2,1-4H3/b22-20-. The van der Waals surface area contributed by atoms with Crippen LogP contribution < -0.4 is 9.47 Å². The highest BCUT2D eigenvalue weighted by Crippen LogP contribution is 2.41. The monoisotopic (exact) mass is 503 g/mol. The Hall–Kier alpha value is -2.84. The molecular weight excluding hydrogens is 478 g/mol. The molecule has 0 spiro atoms. The predicted molar refractivity (Wildman–Crippen MR) is 124 cm³/mol. The van der Waals surface area contributed by atoms with Gasteiger partial charge in [-0.1, -0.05) is 12.1 Å². The van der Waals surface area contributed by atoms with Crippen LogP contribution in [0.1, 0.15) is 31.0 Å². The molecule has 1 heterocycles. The molecule has 32 heavy (non-hydrogen) atoms. The van der Waals surface area contributed by atoms with E-state index in [0.29, 0.717) is 27.1 Å². The average molecular weight is 504 g/mol. The van der Waals surface area contributed by atoms with E-state index in [-0.39, 0.29) is 30.6 Å². The third kappa shape index (κ3) is 4.81. The molecule has 1 saturated heterocycles. The Labute approximate surface area is 195 Å². The van der Waals surface area contributed by atoms with E-state index in [0.717, 1.165) is 0 Å². The lowest BCUT2D eigenvalue weighted by Crippen LogP contribution is -2.33. The van der Waals surface area contributed by atoms with Gasteiger partial charge in [0.2, 0.25) is 0 Å². The van der Waals surface area contributed by atoms with Gasteiger partial charge in [0, 0.05) is 12.1 Å². The molecule has 7 nitrogen and oxygen atoms in total. The lowest BCUT2D eigenvalue weighted by molar-refractivity contribution is -0.140. The number of halogens is 1. The fourth-order valence-corrected chi connectivity index (χ4v) is 4.17. The molecule has 0 aromatic heterocycles. The maximum Gasteiger partial charge on any atom is 0.295 e. The zero-order valence-electron chi connectivity index (χ0n) is 18.4. The van der Waals surface area contributed by atoms with E-state index in [1.165, 1.54) is 12.0 Å². The molecule has 1 atom stereocenters. The number of carbonyl (C=O) groups is 2. The second-order valence-corrected chi connectivity index (χ2v) is 8.39. The number of ketones is 1. The highest BCUT2D eigenvalue weighted by Gasteiger charge is 2.46. The summed E-state index contributed by atoms with van der Waals surface area (Å²) >= 11 is 3.40. The molecule has 2 aromatic rings. The summed E-state index contributed by atoms with van der Waals surface area (Å²) in [5.74, 6) is -0.520. The summed E-state index contributed by atoms with van der Waals surface area (Å²) < 4.78 is 16.8. The SMILES string of the molecule is COc1cccc(C2/C(=C(/O)c3ccc(OC)c(Br)c3)C(=O)C(=O)N2CCOC(C)C)c1. The van der Waals surface area contributed by atoms with Crippen LogP contribution in [0.25, 0.3) is 5.76 Å². The average Bonchev–Trinajstić information content (AvgIpc) is 3.03. The highest BCUT2D eigenvalue weighted by atomic mass is 79.9. The van der Waals surface area contributed by atoms with Crippen molar-refractivity contribution in [1.82, 2.24) is 4.90 Å². The fourth-order valence-electron chi connectivity index (χ4n) is 3.62. The summed E-state index contributed by atoms with van der Waals surface area (Å²) in [5.41, 5.74) is 1.06. The van der Waals surface area contributed by atoms with E-state index in [9.17, 15) is 14.7 Å². The molecule has 0 bridgehead atoms. The lowest BCUT2D eigenvalue weighted by Gasteiger charge is -2.26. The smallest absolute Gasteiger partial charge is 0.295 e. The van der Waals surface area contributed by atoms with Gasteiger partial charge >= 0.3 is 0 Å². The summed E-state index contributed by atoms with van der Waals surface area (Å²) in [6, 6.07) is 11.3. The molecule has 1 N–H and O–H groups in total. The van der Waals surface area contributed by atoms with Crippen LogP contribution in [0, 0.1) is 0 Å². The van der Waals surface area contributed by atoms with Gasteiger partial charge in [-0.05, 0) is 65.7 Å². The van der Waals surface area contributed by atoms with Crippen LogP contribution in [0.5, 0.6) is 11.5 Å². The second-order valence-electron chi connectivity index (χ2n) is 7.54. The number of nitrogens with zero attached hydrogens (tertiary/aromatic N) is 1. The first kappa shape index (κ1) is 23.8. The Balaban J connectivity index is 2.12. The van der Waals surface area contributed by atoms with Gasteiger partial charge in [-0.3, -0.25) is 9.59 Å². The number of hydrogen-bond acceptors (Lipinski definition) is 6. The number of ether oxygens (including phenoxy) is 3. The van der Waals surface area contributed by atoms with E-state index in [4.69, 9.17) is 14.2 Å².